The molecule has 0 spiro atoms. The number of ether oxygens (including phenoxy) is 2. The summed E-state index contributed by atoms with van der Waals surface area (Å²) in [5.74, 6) is 1.19. The van der Waals surface area contributed by atoms with E-state index in [4.69, 9.17) is 9.47 Å². The van der Waals surface area contributed by atoms with Gasteiger partial charge >= 0.3 is 142 Å². The van der Waals surface area contributed by atoms with Crippen molar-refractivity contribution in [2.24, 2.45) is 0 Å². The van der Waals surface area contributed by atoms with Gasteiger partial charge in [-0.05, 0) is 6.07 Å². The number of halogens is 3. The van der Waals surface area contributed by atoms with E-state index in [1.807, 2.05) is 6.07 Å². The van der Waals surface area contributed by atoms with Crippen LogP contribution in [-0.4, -0.2) is 50.2 Å². The van der Waals surface area contributed by atoms with Gasteiger partial charge in [0.05, 0.1) is 5.56 Å². The monoisotopic (exact) mass is 488 g/mol. The molecule has 0 bridgehead atoms. The molecule has 0 aliphatic heterocycles. The average Bonchev–Trinajstić information content (AvgIpc) is 3.20. The summed E-state index contributed by atoms with van der Waals surface area (Å²) >= 11 is 2.45. The van der Waals surface area contributed by atoms with E-state index in [0.717, 1.165) is 23.0 Å². The normalized spacial score (nSPS) is 11.6. The number of rotatable bonds is 6. The molecule has 2 radical (unpaired) electrons. The predicted molar refractivity (Wildman–Crippen MR) is 109 cm³/mol. The van der Waals surface area contributed by atoms with Crippen molar-refractivity contribution in [3.63, 3.8) is 0 Å². The van der Waals surface area contributed by atoms with Crippen LogP contribution in [-0.2, 0) is 6.18 Å². The summed E-state index contributed by atoms with van der Waals surface area (Å²) in [6.07, 6.45) is -0.864. The second kappa shape index (κ2) is 8.59. The first kappa shape index (κ1) is 21.2. The molecule has 0 saturated carbocycles. The third-order valence-corrected chi connectivity index (χ3v) is 4.91. The second-order valence-corrected chi connectivity index (χ2v) is 7.47. The van der Waals surface area contributed by atoms with E-state index in [1.54, 1.807) is 31.4 Å². The molecule has 0 amide bonds. The number of pyridine rings is 1. The number of fused-ring (bicyclic) bond motifs is 1. The Morgan fingerprint density at radius 2 is 1.84 bits per heavy atom. The van der Waals surface area contributed by atoms with Crippen molar-refractivity contribution < 1.29 is 22.6 Å². The third-order valence-electron chi connectivity index (χ3n) is 4.53. The van der Waals surface area contributed by atoms with Crippen LogP contribution in [0.2, 0.25) is 5.21 Å². The molecule has 31 heavy (non-hydrogen) atoms. The molecule has 10 heteroatoms. The zero-order valence-corrected chi connectivity index (χ0v) is 18.2. The summed E-state index contributed by atoms with van der Waals surface area (Å²) in [5.41, 5.74) is 1.71. The van der Waals surface area contributed by atoms with E-state index >= 15 is 0 Å². The van der Waals surface area contributed by atoms with Gasteiger partial charge in [-0.2, -0.15) is 13.2 Å². The minimum absolute atomic E-state index is 0.270. The van der Waals surface area contributed by atoms with E-state index in [2.05, 4.69) is 31.9 Å². The Bertz CT molecular complexity index is 1230. The van der Waals surface area contributed by atoms with Crippen molar-refractivity contribution in [3.05, 3.63) is 60.6 Å². The van der Waals surface area contributed by atoms with Crippen molar-refractivity contribution >= 4 is 22.5 Å². The Labute approximate surface area is 184 Å². The summed E-state index contributed by atoms with van der Waals surface area (Å²) in [5, 5.41) is 5.40. The first-order valence-electron chi connectivity index (χ1n) is 9.20. The van der Waals surface area contributed by atoms with Crippen LogP contribution in [0, 0.1) is 0 Å². The van der Waals surface area contributed by atoms with Gasteiger partial charge < -0.3 is 0 Å². The Morgan fingerprint density at radius 1 is 1.00 bits per heavy atom. The van der Waals surface area contributed by atoms with Crippen molar-refractivity contribution in [2.75, 3.05) is 13.7 Å². The van der Waals surface area contributed by atoms with Crippen LogP contribution >= 0.6 is 0 Å². The van der Waals surface area contributed by atoms with Gasteiger partial charge in [0, 0.05) is 12.4 Å². The van der Waals surface area contributed by atoms with Gasteiger partial charge in [-0.25, -0.2) is 0 Å². The molecule has 1 aromatic carbocycles. The average molecular weight is 488 g/mol. The van der Waals surface area contributed by atoms with Crippen molar-refractivity contribution in [1.29, 1.82) is 0 Å². The van der Waals surface area contributed by atoms with Gasteiger partial charge in [-0.15, -0.1) is 0 Å². The van der Waals surface area contributed by atoms with E-state index in [1.165, 1.54) is 16.9 Å². The molecule has 0 aliphatic carbocycles. The summed E-state index contributed by atoms with van der Waals surface area (Å²) in [4.78, 5) is 7.98. The Balaban J connectivity index is 1.76. The number of imidazole rings is 1. The summed E-state index contributed by atoms with van der Waals surface area (Å²) < 4.78 is 51.9. The molecule has 0 unspecified atom stereocenters. The van der Waals surface area contributed by atoms with Gasteiger partial charge in [0.2, 0.25) is 0 Å². The first-order chi connectivity index (χ1) is 14.9. The van der Waals surface area contributed by atoms with Gasteiger partial charge in [0.15, 0.2) is 0 Å². The van der Waals surface area contributed by atoms with Crippen LogP contribution in [0.3, 0.4) is 0 Å². The van der Waals surface area contributed by atoms with E-state index in [-0.39, 0.29) is 5.56 Å². The molecule has 3 heterocycles. The number of hydrogen-bond donors (Lipinski definition) is 0. The van der Waals surface area contributed by atoms with Crippen LogP contribution < -0.4 is 9.47 Å². The number of alkyl halides is 3. The molecule has 0 N–H and O–H groups in total. The maximum atomic E-state index is 13.1. The topological polar surface area (TPSA) is 61.5 Å². The van der Waals surface area contributed by atoms with Crippen molar-refractivity contribution in [1.82, 2.24) is 19.6 Å². The fourth-order valence-corrected chi connectivity index (χ4v) is 3.25. The standard InChI is InChI=1S/C21H16AsF3N4O2/c1-30-19-9-13(2-4-18(19)31-7-6-22)16-3-5-20-27-12-17(29(20)28-16)14-8-15(11-26-10-14)21(23,24)25/h2-5,8-12H,6-7H2,1H3. The maximum absolute atomic E-state index is 13.1. The molecule has 3 aromatic heterocycles. The zero-order valence-electron chi connectivity index (χ0n) is 16.3. The molecular weight excluding hydrogens is 472 g/mol. The molecule has 0 fully saturated rings. The molecular formula is C21H16AsF3N4O2. The number of aromatic nitrogens is 4. The molecule has 158 valence electrons. The number of nitrogens with zero attached hydrogens (tertiary/aromatic N) is 4. The predicted octanol–water partition coefficient (Wildman–Crippen LogP) is 4.45. The van der Waals surface area contributed by atoms with Crippen LogP contribution in [0.1, 0.15) is 5.56 Å². The summed E-state index contributed by atoms with van der Waals surface area (Å²) in [7, 11) is 1.55. The molecule has 6 nitrogen and oxygen atoms in total. The Kier molecular flexibility index (Phi) is 5.87. The minimum atomic E-state index is -4.49. The molecule has 0 aliphatic rings. The zero-order chi connectivity index (χ0) is 22.0. The summed E-state index contributed by atoms with van der Waals surface area (Å²) in [6, 6.07) is 10.0. The van der Waals surface area contributed by atoms with Gasteiger partial charge in [-0.3, -0.25) is 4.98 Å². The molecule has 4 rings (SSSR count). The Hall–Kier alpha value is -3.06. The van der Waals surface area contributed by atoms with Gasteiger partial charge in [-0.1, -0.05) is 0 Å². The van der Waals surface area contributed by atoms with Crippen LogP contribution in [0.5, 0.6) is 11.5 Å². The molecule has 0 atom stereocenters. The number of methoxy groups -OCH3 is 1. The fourth-order valence-electron chi connectivity index (χ4n) is 3.06. The quantitative estimate of drug-likeness (QED) is 0.376. The van der Waals surface area contributed by atoms with Crippen LogP contribution in [0.4, 0.5) is 13.2 Å². The Morgan fingerprint density at radius 3 is 2.58 bits per heavy atom. The van der Waals surface area contributed by atoms with Crippen LogP contribution in [0.25, 0.3) is 28.2 Å². The molecule has 0 saturated heterocycles. The third kappa shape index (κ3) is 4.37. The van der Waals surface area contributed by atoms with Crippen molar-refractivity contribution in [2.45, 2.75) is 11.4 Å². The SMILES string of the molecule is COc1cc(-c2ccc3ncc(-c4cncc(C(F)(F)F)c4)n3n2)ccc1OCC[As]. The van der Waals surface area contributed by atoms with E-state index in [9.17, 15) is 13.2 Å². The van der Waals surface area contributed by atoms with Crippen molar-refractivity contribution in [3.8, 4) is 34.0 Å². The van der Waals surface area contributed by atoms with Gasteiger partial charge in [0.1, 0.15) is 0 Å². The fraction of sp³-hybridized carbons (Fsp3) is 0.190. The van der Waals surface area contributed by atoms with Gasteiger partial charge in [0.25, 0.3) is 0 Å². The number of benzene rings is 1. The first-order valence-corrected chi connectivity index (χ1v) is 10.5. The van der Waals surface area contributed by atoms with E-state index in [0.29, 0.717) is 35.1 Å². The second-order valence-electron chi connectivity index (χ2n) is 6.53. The van der Waals surface area contributed by atoms with E-state index < -0.39 is 11.7 Å². The molecule has 4 aromatic rings. The summed E-state index contributed by atoms with van der Waals surface area (Å²) in [6.45, 7) is 0.545. The number of hydrogen-bond acceptors (Lipinski definition) is 5. The van der Waals surface area contributed by atoms with Crippen LogP contribution in [0.15, 0.2) is 55.0 Å².